The summed E-state index contributed by atoms with van der Waals surface area (Å²) in [6.07, 6.45) is 6.25. The van der Waals surface area contributed by atoms with Gasteiger partial charge in [0.1, 0.15) is 0 Å². The molecule has 0 aliphatic heterocycles. The maximum atomic E-state index is 6.09. The third-order valence-corrected chi connectivity index (χ3v) is 2.67. The Bertz CT molecular complexity index is 108. The highest BCUT2D eigenvalue weighted by Crippen LogP contribution is 2.21. The van der Waals surface area contributed by atoms with Crippen molar-refractivity contribution in [3.63, 3.8) is 0 Å². The van der Waals surface area contributed by atoms with Crippen molar-refractivity contribution in [2.24, 2.45) is 11.7 Å². The highest BCUT2D eigenvalue weighted by molar-refractivity contribution is 4.78. The van der Waals surface area contributed by atoms with Crippen LogP contribution in [-0.2, 0) is 0 Å². The molecule has 2 unspecified atom stereocenters. The van der Waals surface area contributed by atoms with Gasteiger partial charge in [0.15, 0.2) is 0 Å². The summed E-state index contributed by atoms with van der Waals surface area (Å²) in [4.78, 5) is 0. The summed E-state index contributed by atoms with van der Waals surface area (Å²) in [7, 11) is 0. The van der Waals surface area contributed by atoms with E-state index in [0.29, 0.717) is 0 Å². The predicted molar refractivity (Wildman–Crippen MR) is 56.2 cm³/mol. The fourth-order valence-electron chi connectivity index (χ4n) is 1.60. The van der Waals surface area contributed by atoms with Gasteiger partial charge in [0, 0.05) is 5.54 Å². The van der Waals surface area contributed by atoms with Crippen molar-refractivity contribution in [2.45, 2.75) is 65.3 Å². The van der Waals surface area contributed by atoms with Crippen molar-refractivity contribution >= 4 is 0 Å². The number of nitrogens with two attached hydrogens (primary N) is 1. The second kappa shape index (κ2) is 5.58. The van der Waals surface area contributed by atoms with Crippen LogP contribution in [0.3, 0.4) is 0 Å². The average Bonchev–Trinajstić information content (AvgIpc) is 2.00. The molecule has 0 aromatic heterocycles. The third kappa shape index (κ3) is 5.59. The molecule has 0 spiro atoms. The van der Waals surface area contributed by atoms with Crippen LogP contribution in [0, 0.1) is 5.92 Å². The highest BCUT2D eigenvalue weighted by atomic mass is 14.7. The van der Waals surface area contributed by atoms with E-state index in [4.69, 9.17) is 5.73 Å². The molecule has 0 bridgehead atoms. The van der Waals surface area contributed by atoms with Gasteiger partial charge in [-0.3, -0.25) is 0 Å². The number of unbranched alkanes of at least 4 members (excludes halogenated alkanes) is 1. The minimum absolute atomic E-state index is 0.0627. The summed E-state index contributed by atoms with van der Waals surface area (Å²) in [6, 6.07) is 0. The second-order valence-electron chi connectivity index (χ2n) is 4.46. The van der Waals surface area contributed by atoms with Gasteiger partial charge in [0.2, 0.25) is 0 Å². The quantitative estimate of drug-likeness (QED) is 0.652. The molecule has 74 valence electrons. The lowest BCUT2D eigenvalue weighted by Crippen LogP contribution is -2.36. The molecule has 2 N–H and O–H groups in total. The average molecular weight is 171 g/mol. The van der Waals surface area contributed by atoms with E-state index in [1.807, 2.05) is 0 Å². The fraction of sp³-hybridized carbons (Fsp3) is 1.00. The Morgan fingerprint density at radius 2 is 1.92 bits per heavy atom. The van der Waals surface area contributed by atoms with E-state index < -0.39 is 0 Å². The van der Waals surface area contributed by atoms with Gasteiger partial charge in [0.25, 0.3) is 0 Å². The smallest absolute Gasteiger partial charge is 0.0125 e. The van der Waals surface area contributed by atoms with E-state index in [1.54, 1.807) is 0 Å². The Morgan fingerprint density at radius 1 is 1.33 bits per heavy atom. The van der Waals surface area contributed by atoms with E-state index in [9.17, 15) is 0 Å². The molecule has 1 nitrogen and oxygen atoms in total. The summed E-state index contributed by atoms with van der Waals surface area (Å²) < 4.78 is 0. The largest absolute Gasteiger partial charge is 0.325 e. The zero-order chi connectivity index (χ0) is 9.61. The molecule has 0 amide bonds. The first kappa shape index (κ1) is 12.0. The SMILES string of the molecule is CCCCC(C)CC(C)(N)CC. The monoisotopic (exact) mass is 171 g/mol. The van der Waals surface area contributed by atoms with Crippen molar-refractivity contribution in [3.8, 4) is 0 Å². The molecule has 0 heterocycles. The van der Waals surface area contributed by atoms with Crippen molar-refractivity contribution in [1.82, 2.24) is 0 Å². The molecule has 0 aliphatic carbocycles. The number of rotatable bonds is 6. The van der Waals surface area contributed by atoms with Gasteiger partial charge >= 0.3 is 0 Å². The summed E-state index contributed by atoms with van der Waals surface area (Å²) in [5, 5.41) is 0. The molecule has 1 heteroatoms. The van der Waals surface area contributed by atoms with Gasteiger partial charge in [-0.2, -0.15) is 0 Å². The summed E-state index contributed by atoms with van der Waals surface area (Å²) >= 11 is 0. The lowest BCUT2D eigenvalue weighted by molar-refractivity contribution is 0.327. The third-order valence-electron chi connectivity index (χ3n) is 2.67. The van der Waals surface area contributed by atoms with Crippen LogP contribution < -0.4 is 5.73 Å². The Kier molecular flexibility index (Phi) is 5.56. The van der Waals surface area contributed by atoms with E-state index in [-0.39, 0.29) is 5.54 Å². The van der Waals surface area contributed by atoms with Crippen LogP contribution in [0.1, 0.15) is 59.8 Å². The van der Waals surface area contributed by atoms with Crippen LogP contribution in [0.4, 0.5) is 0 Å². The number of hydrogen-bond donors (Lipinski definition) is 1. The van der Waals surface area contributed by atoms with Crippen LogP contribution in [0.25, 0.3) is 0 Å². The molecule has 0 aromatic carbocycles. The van der Waals surface area contributed by atoms with Crippen molar-refractivity contribution in [1.29, 1.82) is 0 Å². The maximum Gasteiger partial charge on any atom is 0.0125 e. The van der Waals surface area contributed by atoms with Crippen molar-refractivity contribution in [3.05, 3.63) is 0 Å². The first-order chi connectivity index (χ1) is 5.52. The summed E-state index contributed by atoms with van der Waals surface area (Å²) in [5.74, 6) is 0.792. The Labute approximate surface area is 77.7 Å². The molecule has 0 aliphatic rings. The molecule has 0 saturated heterocycles. The molecule has 0 rings (SSSR count). The van der Waals surface area contributed by atoms with Gasteiger partial charge in [-0.25, -0.2) is 0 Å². The fourth-order valence-corrected chi connectivity index (χ4v) is 1.60. The topological polar surface area (TPSA) is 26.0 Å². The van der Waals surface area contributed by atoms with Crippen LogP contribution in [-0.4, -0.2) is 5.54 Å². The van der Waals surface area contributed by atoms with E-state index in [1.165, 1.54) is 25.7 Å². The summed E-state index contributed by atoms with van der Waals surface area (Å²) in [5.41, 5.74) is 6.15. The van der Waals surface area contributed by atoms with Gasteiger partial charge in [0.05, 0.1) is 0 Å². The van der Waals surface area contributed by atoms with Gasteiger partial charge in [-0.05, 0) is 25.7 Å². The molecule has 2 atom stereocenters. The van der Waals surface area contributed by atoms with Crippen LogP contribution in [0.15, 0.2) is 0 Å². The van der Waals surface area contributed by atoms with Gasteiger partial charge < -0.3 is 5.73 Å². The number of hydrogen-bond acceptors (Lipinski definition) is 1. The first-order valence-corrected chi connectivity index (χ1v) is 5.30. The van der Waals surface area contributed by atoms with E-state index in [2.05, 4.69) is 27.7 Å². The van der Waals surface area contributed by atoms with Crippen LogP contribution in [0.2, 0.25) is 0 Å². The zero-order valence-electron chi connectivity index (χ0n) is 9.19. The van der Waals surface area contributed by atoms with Crippen molar-refractivity contribution < 1.29 is 0 Å². The van der Waals surface area contributed by atoms with Crippen LogP contribution >= 0.6 is 0 Å². The Morgan fingerprint density at radius 3 is 2.33 bits per heavy atom. The minimum atomic E-state index is 0.0627. The highest BCUT2D eigenvalue weighted by Gasteiger charge is 2.18. The van der Waals surface area contributed by atoms with Crippen molar-refractivity contribution in [2.75, 3.05) is 0 Å². The molecular formula is C11H25N. The standard InChI is InChI=1S/C11H25N/c1-5-7-8-10(3)9-11(4,12)6-2/h10H,5-9,12H2,1-4H3. The Balaban J connectivity index is 3.60. The molecule has 0 aromatic rings. The summed E-state index contributed by atoms with van der Waals surface area (Å²) in [6.45, 7) is 8.90. The van der Waals surface area contributed by atoms with E-state index in [0.717, 1.165) is 12.3 Å². The van der Waals surface area contributed by atoms with Crippen LogP contribution in [0.5, 0.6) is 0 Å². The normalized spacial score (nSPS) is 18.8. The second-order valence-corrected chi connectivity index (χ2v) is 4.46. The molecule has 0 saturated carbocycles. The molecule has 12 heavy (non-hydrogen) atoms. The molecular weight excluding hydrogens is 146 g/mol. The van der Waals surface area contributed by atoms with E-state index >= 15 is 0 Å². The lowest BCUT2D eigenvalue weighted by Gasteiger charge is -2.26. The maximum absolute atomic E-state index is 6.09. The first-order valence-electron chi connectivity index (χ1n) is 5.30. The lowest BCUT2D eigenvalue weighted by atomic mass is 9.86. The molecule has 0 radical (unpaired) electrons. The molecule has 0 fully saturated rings. The minimum Gasteiger partial charge on any atom is -0.325 e. The predicted octanol–water partition coefficient (Wildman–Crippen LogP) is 3.33. The Hall–Kier alpha value is -0.0400. The zero-order valence-corrected chi connectivity index (χ0v) is 9.19. The van der Waals surface area contributed by atoms with Gasteiger partial charge in [-0.15, -0.1) is 0 Å². The van der Waals surface area contributed by atoms with Gasteiger partial charge in [-0.1, -0.05) is 40.0 Å².